The number of nitrogens with zero attached hydrogens (tertiary/aromatic N) is 5. The molecule has 7 nitrogen and oxygen atoms in total. The molecular formula is C22H23N5O2S. The van der Waals surface area contributed by atoms with Gasteiger partial charge in [0.05, 0.1) is 18.0 Å². The second-order valence-corrected chi connectivity index (χ2v) is 8.29. The lowest BCUT2D eigenvalue weighted by Crippen LogP contribution is -2.47. The average Bonchev–Trinajstić information content (AvgIpc) is 3.39. The van der Waals surface area contributed by atoms with E-state index in [9.17, 15) is 5.11 Å². The molecule has 1 aliphatic rings. The van der Waals surface area contributed by atoms with E-state index in [4.69, 9.17) is 4.74 Å². The molecule has 8 heteroatoms. The number of para-hydroxylation sites is 1. The number of aromatic nitrogens is 3. The fourth-order valence-corrected chi connectivity index (χ4v) is 5.18. The van der Waals surface area contributed by atoms with Crippen molar-refractivity contribution < 1.29 is 9.84 Å². The number of methoxy groups -OCH3 is 1. The topological polar surface area (TPSA) is 66.1 Å². The number of hydrogen-bond donors (Lipinski definition) is 1. The third kappa shape index (κ3) is 3.38. The molecule has 1 atom stereocenters. The zero-order chi connectivity index (χ0) is 20.5. The highest BCUT2D eigenvalue weighted by Crippen LogP contribution is 2.40. The van der Waals surface area contributed by atoms with Crippen molar-refractivity contribution in [2.24, 2.45) is 0 Å². The number of aromatic hydroxyl groups is 1. The molecular weight excluding hydrogens is 398 g/mol. The lowest BCUT2D eigenvalue weighted by Gasteiger charge is -2.40. The summed E-state index contributed by atoms with van der Waals surface area (Å²) in [5.41, 5.74) is 2.33. The molecule has 154 valence electrons. The minimum atomic E-state index is -0.0912. The first-order chi connectivity index (χ1) is 14.7. The predicted molar refractivity (Wildman–Crippen MR) is 118 cm³/mol. The highest BCUT2D eigenvalue weighted by Gasteiger charge is 2.31. The molecule has 0 saturated carbocycles. The molecule has 3 heterocycles. The van der Waals surface area contributed by atoms with Crippen LogP contribution in [-0.4, -0.2) is 57.9 Å². The largest absolute Gasteiger partial charge is 0.497 e. The maximum Gasteiger partial charge on any atom is 0.230 e. The van der Waals surface area contributed by atoms with Gasteiger partial charge < -0.3 is 14.7 Å². The van der Waals surface area contributed by atoms with Gasteiger partial charge in [-0.15, -0.1) is 0 Å². The van der Waals surface area contributed by atoms with Crippen molar-refractivity contribution in [1.82, 2.24) is 19.5 Å². The Bertz CT molecular complexity index is 1130. The molecule has 0 unspecified atom stereocenters. The standard InChI is InChI=1S/C22H23N5O2S/c1-29-18-9-5-6-16(14-18)19(20-21(28)27-22(30-20)23-15-24-27)26-12-10-25(11-13-26)17-7-3-2-4-8-17/h2-9,14-15,19,28H,10-13H2,1H3/t19-/m1/s1. The van der Waals surface area contributed by atoms with Gasteiger partial charge in [0.1, 0.15) is 12.1 Å². The van der Waals surface area contributed by atoms with Gasteiger partial charge in [0.15, 0.2) is 0 Å². The summed E-state index contributed by atoms with van der Waals surface area (Å²) < 4.78 is 6.97. The molecule has 0 spiro atoms. The van der Waals surface area contributed by atoms with E-state index in [1.54, 1.807) is 7.11 Å². The maximum atomic E-state index is 10.9. The van der Waals surface area contributed by atoms with Crippen LogP contribution in [0.2, 0.25) is 0 Å². The van der Waals surface area contributed by atoms with Crippen molar-refractivity contribution in [2.75, 3.05) is 38.2 Å². The zero-order valence-electron chi connectivity index (χ0n) is 16.7. The summed E-state index contributed by atoms with van der Waals surface area (Å²) in [7, 11) is 1.67. The smallest absolute Gasteiger partial charge is 0.230 e. The Hall–Kier alpha value is -3.10. The molecule has 1 N–H and O–H groups in total. The van der Waals surface area contributed by atoms with Crippen LogP contribution in [-0.2, 0) is 0 Å². The second-order valence-electron chi connectivity index (χ2n) is 7.28. The van der Waals surface area contributed by atoms with E-state index < -0.39 is 0 Å². The summed E-state index contributed by atoms with van der Waals surface area (Å²) in [6.07, 6.45) is 1.47. The number of rotatable bonds is 5. The van der Waals surface area contributed by atoms with Crippen molar-refractivity contribution >= 4 is 22.0 Å². The van der Waals surface area contributed by atoms with E-state index in [1.165, 1.54) is 27.9 Å². The average molecular weight is 422 g/mol. The van der Waals surface area contributed by atoms with Crippen molar-refractivity contribution in [3.8, 4) is 11.6 Å². The Morgan fingerprint density at radius 3 is 2.57 bits per heavy atom. The van der Waals surface area contributed by atoms with Gasteiger partial charge in [-0.2, -0.15) is 9.61 Å². The molecule has 0 radical (unpaired) electrons. The van der Waals surface area contributed by atoms with Crippen LogP contribution in [0.5, 0.6) is 11.6 Å². The molecule has 0 amide bonds. The highest BCUT2D eigenvalue weighted by atomic mass is 32.1. The first kappa shape index (κ1) is 18.9. The lowest BCUT2D eigenvalue weighted by molar-refractivity contribution is 0.211. The SMILES string of the molecule is COc1cccc([C@H](c2sc3ncnn3c2O)N2CCN(c3ccccc3)CC2)c1. The van der Waals surface area contributed by atoms with Gasteiger partial charge in [-0.1, -0.05) is 41.7 Å². The van der Waals surface area contributed by atoms with Gasteiger partial charge in [0.2, 0.25) is 10.8 Å². The molecule has 0 aliphatic carbocycles. The maximum absolute atomic E-state index is 10.9. The van der Waals surface area contributed by atoms with Crippen LogP contribution in [0.15, 0.2) is 60.9 Å². The highest BCUT2D eigenvalue weighted by molar-refractivity contribution is 7.17. The molecule has 1 aliphatic heterocycles. The fourth-order valence-electron chi connectivity index (χ4n) is 4.09. The first-order valence-corrected chi connectivity index (χ1v) is 10.8. The number of anilines is 1. The van der Waals surface area contributed by atoms with E-state index in [-0.39, 0.29) is 11.9 Å². The number of fused-ring (bicyclic) bond motifs is 1. The van der Waals surface area contributed by atoms with Gasteiger partial charge >= 0.3 is 0 Å². The molecule has 2 aromatic carbocycles. The molecule has 2 aromatic heterocycles. The number of hydrogen-bond acceptors (Lipinski definition) is 7. The number of benzene rings is 2. The van der Waals surface area contributed by atoms with Crippen LogP contribution in [0.1, 0.15) is 16.5 Å². The second kappa shape index (κ2) is 7.97. The van der Waals surface area contributed by atoms with Crippen LogP contribution in [0, 0.1) is 0 Å². The molecule has 4 aromatic rings. The van der Waals surface area contributed by atoms with Crippen LogP contribution in [0.4, 0.5) is 5.69 Å². The van der Waals surface area contributed by atoms with Gasteiger partial charge in [-0.05, 0) is 29.8 Å². The summed E-state index contributed by atoms with van der Waals surface area (Å²) in [4.78, 5) is 10.6. The molecule has 0 bridgehead atoms. The summed E-state index contributed by atoms with van der Waals surface area (Å²) in [6.45, 7) is 3.60. The third-order valence-electron chi connectivity index (χ3n) is 5.60. The van der Waals surface area contributed by atoms with Crippen molar-refractivity contribution in [3.05, 3.63) is 71.4 Å². The Labute approximate surface area is 178 Å². The number of piperazine rings is 1. The summed E-state index contributed by atoms with van der Waals surface area (Å²) in [5.74, 6) is 0.963. The van der Waals surface area contributed by atoms with Crippen LogP contribution in [0.25, 0.3) is 4.96 Å². The van der Waals surface area contributed by atoms with Crippen LogP contribution in [0.3, 0.4) is 0 Å². The van der Waals surface area contributed by atoms with E-state index in [0.29, 0.717) is 4.96 Å². The number of ether oxygens (including phenoxy) is 1. The zero-order valence-corrected chi connectivity index (χ0v) is 17.5. The summed E-state index contributed by atoms with van der Waals surface area (Å²) >= 11 is 1.48. The van der Waals surface area contributed by atoms with Gasteiger partial charge in [-0.3, -0.25) is 4.90 Å². The van der Waals surface area contributed by atoms with Crippen molar-refractivity contribution in [2.45, 2.75) is 6.04 Å². The predicted octanol–water partition coefficient (Wildman–Crippen LogP) is 3.42. The summed E-state index contributed by atoms with van der Waals surface area (Å²) in [5, 5.41) is 15.1. The lowest BCUT2D eigenvalue weighted by atomic mass is 10.0. The van der Waals surface area contributed by atoms with E-state index >= 15 is 0 Å². The molecule has 30 heavy (non-hydrogen) atoms. The number of thiazole rings is 1. The van der Waals surface area contributed by atoms with Crippen LogP contribution < -0.4 is 9.64 Å². The molecule has 1 saturated heterocycles. The summed E-state index contributed by atoms with van der Waals surface area (Å²) in [6, 6.07) is 18.5. The molecule has 1 fully saturated rings. The van der Waals surface area contributed by atoms with E-state index in [2.05, 4.69) is 50.2 Å². The quantitative estimate of drug-likeness (QED) is 0.533. The van der Waals surface area contributed by atoms with E-state index in [0.717, 1.165) is 42.4 Å². The minimum Gasteiger partial charge on any atom is -0.497 e. The van der Waals surface area contributed by atoms with Gasteiger partial charge in [0, 0.05) is 31.9 Å². The monoisotopic (exact) mass is 421 g/mol. The minimum absolute atomic E-state index is 0.0912. The van der Waals surface area contributed by atoms with Crippen LogP contribution >= 0.6 is 11.3 Å². The Balaban J connectivity index is 1.49. The Morgan fingerprint density at radius 1 is 1.03 bits per heavy atom. The normalized spacial score (nSPS) is 16.1. The van der Waals surface area contributed by atoms with Gasteiger partial charge in [-0.25, -0.2) is 4.98 Å². The Kier molecular flexibility index (Phi) is 5.02. The fraction of sp³-hybridized carbons (Fsp3) is 0.273. The Morgan fingerprint density at radius 2 is 1.83 bits per heavy atom. The van der Waals surface area contributed by atoms with Gasteiger partial charge in [0.25, 0.3) is 0 Å². The van der Waals surface area contributed by atoms with E-state index in [1.807, 2.05) is 24.3 Å². The third-order valence-corrected chi connectivity index (χ3v) is 6.68. The van der Waals surface area contributed by atoms with Crippen molar-refractivity contribution in [3.63, 3.8) is 0 Å². The molecule has 5 rings (SSSR count). The first-order valence-electron chi connectivity index (χ1n) is 9.94. The van der Waals surface area contributed by atoms with Crippen molar-refractivity contribution in [1.29, 1.82) is 0 Å².